The fourth-order valence-corrected chi connectivity index (χ4v) is 2.04. The average Bonchev–Trinajstić information content (AvgIpc) is 2.79. The summed E-state index contributed by atoms with van der Waals surface area (Å²) in [6.07, 6.45) is 7.09. The molecule has 0 aliphatic heterocycles. The molecule has 0 aliphatic carbocycles. The quantitative estimate of drug-likeness (QED) is 0.935. The smallest absolute Gasteiger partial charge is 0.0953 e. The first kappa shape index (κ1) is 11.4. The minimum absolute atomic E-state index is 0.133. The van der Waals surface area contributed by atoms with E-state index in [2.05, 4.69) is 39.2 Å². The minimum atomic E-state index is 0.133. The number of rotatable bonds is 4. The number of nitrogens with one attached hydrogen (secondary N) is 1. The molecule has 1 unspecified atom stereocenters. The summed E-state index contributed by atoms with van der Waals surface area (Å²) in [7, 11) is 0. The van der Waals surface area contributed by atoms with Crippen LogP contribution in [0.15, 0.2) is 45.9 Å². The van der Waals surface area contributed by atoms with Crippen molar-refractivity contribution < 1.29 is 4.42 Å². The summed E-state index contributed by atoms with van der Waals surface area (Å²) in [5.41, 5.74) is 2.24. The van der Waals surface area contributed by atoms with E-state index in [0.717, 1.165) is 22.1 Å². The standard InChI is InChI=1S/C12H13BrN2O/c1-2-15-12(9-3-4-16-8-9)10-5-11(13)7-14-6-10/h3-8,12,15H,2H2,1H3. The summed E-state index contributed by atoms with van der Waals surface area (Å²) in [6, 6.07) is 4.16. The molecule has 0 saturated carbocycles. The van der Waals surface area contributed by atoms with Crippen LogP contribution in [-0.2, 0) is 0 Å². The highest BCUT2D eigenvalue weighted by Crippen LogP contribution is 2.23. The predicted octanol–water partition coefficient (Wildman–Crippen LogP) is 3.14. The van der Waals surface area contributed by atoms with Gasteiger partial charge in [0.15, 0.2) is 0 Å². The molecule has 0 spiro atoms. The topological polar surface area (TPSA) is 38.1 Å². The van der Waals surface area contributed by atoms with Crippen molar-refractivity contribution in [3.05, 3.63) is 52.7 Å². The highest BCUT2D eigenvalue weighted by molar-refractivity contribution is 9.10. The van der Waals surface area contributed by atoms with Crippen LogP contribution in [0.3, 0.4) is 0 Å². The van der Waals surface area contributed by atoms with Crippen LogP contribution >= 0.6 is 15.9 Å². The molecule has 0 fully saturated rings. The third-order valence-electron chi connectivity index (χ3n) is 2.34. The SMILES string of the molecule is CCNC(c1ccoc1)c1cncc(Br)c1. The molecule has 0 aromatic carbocycles. The molecule has 0 bridgehead atoms. The lowest BCUT2D eigenvalue weighted by molar-refractivity contribution is 0.552. The predicted molar refractivity (Wildman–Crippen MR) is 66.2 cm³/mol. The van der Waals surface area contributed by atoms with Crippen molar-refractivity contribution in [1.29, 1.82) is 0 Å². The maximum Gasteiger partial charge on any atom is 0.0953 e. The van der Waals surface area contributed by atoms with E-state index in [1.807, 2.05) is 12.3 Å². The number of aromatic nitrogens is 1. The van der Waals surface area contributed by atoms with Gasteiger partial charge in [-0.3, -0.25) is 4.98 Å². The van der Waals surface area contributed by atoms with Crippen LogP contribution in [0, 0.1) is 0 Å². The van der Waals surface area contributed by atoms with E-state index in [4.69, 9.17) is 4.42 Å². The van der Waals surface area contributed by atoms with Gasteiger partial charge >= 0.3 is 0 Å². The van der Waals surface area contributed by atoms with E-state index >= 15 is 0 Å². The van der Waals surface area contributed by atoms with Gasteiger partial charge < -0.3 is 9.73 Å². The zero-order valence-electron chi connectivity index (χ0n) is 8.98. The summed E-state index contributed by atoms with van der Waals surface area (Å²) < 4.78 is 6.10. The van der Waals surface area contributed by atoms with Crippen LogP contribution in [-0.4, -0.2) is 11.5 Å². The Morgan fingerprint density at radius 3 is 2.94 bits per heavy atom. The number of hydrogen-bond donors (Lipinski definition) is 1. The Bertz CT molecular complexity index is 442. The normalized spacial score (nSPS) is 12.6. The molecule has 0 amide bonds. The molecular weight excluding hydrogens is 268 g/mol. The summed E-state index contributed by atoms with van der Waals surface area (Å²) >= 11 is 3.43. The second-order valence-corrected chi connectivity index (χ2v) is 4.40. The second kappa shape index (κ2) is 5.27. The molecule has 2 aromatic rings. The molecule has 0 radical (unpaired) electrons. The first-order valence-electron chi connectivity index (χ1n) is 5.17. The highest BCUT2D eigenvalue weighted by Gasteiger charge is 2.14. The largest absolute Gasteiger partial charge is 0.472 e. The van der Waals surface area contributed by atoms with E-state index in [-0.39, 0.29) is 6.04 Å². The lowest BCUT2D eigenvalue weighted by atomic mass is 10.0. The van der Waals surface area contributed by atoms with Gasteiger partial charge in [0.2, 0.25) is 0 Å². The molecule has 2 rings (SSSR count). The average molecular weight is 281 g/mol. The Balaban J connectivity index is 2.33. The Labute approximate surface area is 103 Å². The van der Waals surface area contributed by atoms with Gasteiger partial charge in [0.1, 0.15) is 0 Å². The number of furan rings is 1. The van der Waals surface area contributed by atoms with Gasteiger partial charge in [-0.25, -0.2) is 0 Å². The van der Waals surface area contributed by atoms with Crippen molar-refractivity contribution in [3.8, 4) is 0 Å². The Hall–Kier alpha value is -1.13. The van der Waals surface area contributed by atoms with Gasteiger partial charge in [-0.2, -0.15) is 0 Å². The molecule has 1 atom stereocenters. The van der Waals surface area contributed by atoms with Gasteiger partial charge in [-0.15, -0.1) is 0 Å². The van der Waals surface area contributed by atoms with E-state index in [1.165, 1.54) is 0 Å². The molecule has 0 saturated heterocycles. The molecule has 16 heavy (non-hydrogen) atoms. The van der Waals surface area contributed by atoms with Crippen LogP contribution in [0.2, 0.25) is 0 Å². The van der Waals surface area contributed by atoms with Crippen molar-refractivity contribution >= 4 is 15.9 Å². The maximum absolute atomic E-state index is 5.12. The molecule has 2 aromatic heterocycles. The molecule has 0 aliphatic rings. The fraction of sp³-hybridized carbons (Fsp3) is 0.250. The van der Waals surface area contributed by atoms with Crippen LogP contribution < -0.4 is 5.32 Å². The molecule has 2 heterocycles. The van der Waals surface area contributed by atoms with Crippen LogP contribution in [0.5, 0.6) is 0 Å². The zero-order valence-corrected chi connectivity index (χ0v) is 10.6. The van der Waals surface area contributed by atoms with Crippen molar-refractivity contribution in [2.24, 2.45) is 0 Å². The Kier molecular flexibility index (Phi) is 3.74. The lowest BCUT2D eigenvalue weighted by Gasteiger charge is -2.16. The molecule has 4 heteroatoms. The molecule has 84 valence electrons. The number of pyridine rings is 1. The third kappa shape index (κ3) is 2.51. The van der Waals surface area contributed by atoms with Crippen molar-refractivity contribution in [1.82, 2.24) is 10.3 Å². The maximum atomic E-state index is 5.12. The Morgan fingerprint density at radius 1 is 1.44 bits per heavy atom. The second-order valence-electron chi connectivity index (χ2n) is 3.48. The molecule has 3 nitrogen and oxygen atoms in total. The van der Waals surface area contributed by atoms with Gasteiger partial charge in [-0.1, -0.05) is 6.92 Å². The number of hydrogen-bond acceptors (Lipinski definition) is 3. The fourth-order valence-electron chi connectivity index (χ4n) is 1.66. The summed E-state index contributed by atoms with van der Waals surface area (Å²) in [5, 5.41) is 3.41. The lowest BCUT2D eigenvalue weighted by Crippen LogP contribution is -2.21. The molecule has 1 N–H and O–H groups in total. The van der Waals surface area contributed by atoms with Gasteiger partial charge in [0.05, 0.1) is 18.6 Å². The van der Waals surface area contributed by atoms with E-state index < -0.39 is 0 Å². The van der Waals surface area contributed by atoms with Crippen LogP contribution in [0.4, 0.5) is 0 Å². The first-order chi connectivity index (χ1) is 7.81. The van der Waals surface area contributed by atoms with Gasteiger partial charge in [0, 0.05) is 22.4 Å². The zero-order chi connectivity index (χ0) is 11.4. The van der Waals surface area contributed by atoms with Crippen molar-refractivity contribution in [3.63, 3.8) is 0 Å². The number of halogens is 1. The van der Waals surface area contributed by atoms with Crippen molar-refractivity contribution in [2.45, 2.75) is 13.0 Å². The third-order valence-corrected chi connectivity index (χ3v) is 2.78. The summed E-state index contributed by atoms with van der Waals surface area (Å²) in [4.78, 5) is 4.18. The van der Waals surface area contributed by atoms with E-state index in [9.17, 15) is 0 Å². The number of nitrogens with zero attached hydrogens (tertiary/aromatic N) is 1. The summed E-state index contributed by atoms with van der Waals surface area (Å²) in [5.74, 6) is 0. The highest BCUT2D eigenvalue weighted by atomic mass is 79.9. The summed E-state index contributed by atoms with van der Waals surface area (Å²) in [6.45, 7) is 2.97. The van der Waals surface area contributed by atoms with Gasteiger partial charge in [-0.05, 0) is 40.2 Å². The minimum Gasteiger partial charge on any atom is -0.472 e. The molecular formula is C12H13BrN2O. The van der Waals surface area contributed by atoms with E-state index in [1.54, 1.807) is 18.7 Å². The van der Waals surface area contributed by atoms with Crippen LogP contribution in [0.1, 0.15) is 24.1 Å². The van der Waals surface area contributed by atoms with Gasteiger partial charge in [0.25, 0.3) is 0 Å². The van der Waals surface area contributed by atoms with Crippen LogP contribution in [0.25, 0.3) is 0 Å². The first-order valence-corrected chi connectivity index (χ1v) is 5.96. The Morgan fingerprint density at radius 2 is 2.31 bits per heavy atom. The monoisotopic (exact) mass is 280 g/mol. The van der Waals surface area contributed by atoms with E-state index in [0.29, 0.717) is 0 Å². The van der Waals surface area contributed by atoms with Crippen molar-refractivity contribution in [2.75, 3.05) is 6.54 Å².